The van der Waals surface area contributed by atoms with Crippen molar-refractivity contribution in [2.24, 2.45) is 0 Å². The van der Waals surface area contributed by atoms with Crippen LogP contribution in [0.3, 0.4) is 0 Å². The summed E-state index contributed by atoms with van der Waals surface area (Å²) in [6.45, 7) is 4.49. The Balaban J connectivity index is 1.27. The van der Waals surface area contributed by atoms with Crippen LogP contribution in [0.15, 0.2) is 72.8 Å². The Bertz CT molecular complexity index is 1190. The Hall–Kier alpha value is -4.13. The van der Waals surface area contributed by atoms with Crippen molar-refractivity contribution in [2.75, 3.05) is 0 Å². The zero-order valence-electron chi connectivity index (χ0n) is 18.6. The summed E-state index contributed by atoms with van der Waals surface area (Å²) in [5, 5.41) is 10.6. The minimum absolute atomic E-state index is 0.267. The molecule has 168 valence electrons. The minimum atomic E-state index is -1.09. The molecule has 0 saturated carbocycles. The molecule has 0 bridgehead atoms. The molecule has 7 heteroatoms. The molecule has 7 nitrogen and oxygen atoms in total. The van der Waals surface area contributed by atoms with Crippen molar-refractivity contribution >= 4 is 18.0 Å². The van der Waals surface area contributed by atoms with Gasteiger partial charge in [-0.2, -0.15) is 0 Å². The Labute approximate surface area is 192 Å². The van der Waals surface area contributed by atoms with E-state index in [-0.39, 0.29) is 11.9 Å². The molecule has 4 rings (SSSR count). The van der Waals surface area contributed by atoms with Gasteiger partial charge in [-0.1, -0.05) is 78.4 Å². The molecule has 5 amide bonds. The van der Waals surface area contributed by atoms with Crippen LogP contribution in [0.25, 0.3) is 11.1 Å². The third-order valence-corrected chi connectivity index (χ3v) is 5.79. The van der Waals surface area contributed by atoms with E-state index >= 15 is 0 Å². The predicted molar refractivity (Wildman–Crippen MR) is 126 cm³/mol. The Morgan fingerprint density at radius 1 is 0.848 bits per heavy atom. The van der Waals surface area contributed by atoms with E-state index in [1.165, 1.54) is 11.1 Å². The first-order chi connectivity index (χ1) is 15.8. The van der Waals surface area contributed by atoms with Gasteiger partial charge in [-0.3, -0.25) is 10.1 Å². The number of aryl methyl sites for hydroxylation is 1. The molecular weight excluding hydrogens is 416 g/mol. The first-order valence-corrected chi connectivity index (χ1v) is 10.7. The fourth-order valence-corrected chi connectivity index (χ4v) is 3.77. The SMILES string of the molecule is Cc1cccc(-c2ccc(CNC(=O)NCc3ccc(C4(C)NC(=O)NC4=O)cc3)cc2)c1. The van der Waals surface area contributed by atoms with Crippen LogP contribution in [0.5, 0.6) is 0 Å². The zero-order valence-corrected chi connectivity index (χ0v) is 18.6. The van der Waals surface area contributed by atoms with Crippen LogP contribution < -0.4 is 21.3 Å². The first kappa shape index (κ1) is 22.1. The van der Waals surface area contributed by atoms with Crippen molar-refractivity contribution < 1.29 is 14.4 Å². The van der Waals surface area contributed by atoms with Crippen LogP contribution in [0, 0.1) is 6.92 Å². The highest BCUT2D eigenvalue weighted by Crippen LogP contribution is 2.24. The van der Waals surface area contributed by atoms with E-state index in [0.717, 1.165) is 16.7 Å². The number of carbonyl (C=O) groups is 3. The number of rotatable bonds is 6. The molecule has 3 aromatic rings. The summed E-state index contributed by atoms with van der Waals surface area (Å²) in [5.41, 5.74) is 5.00. The summed E-state index contributed by atoms with van der Waals surface area (Å²) in [6.07, 6.45) is 0. The topological polar surface area (TPSA) is 99.3 Å². The summed E-state index contributed by atoms with van der Waals surface area (Å²) in [6, 6.07) is 22.9. The highest BCUT2D eigenvalue weighted by atomic mass is 16.2. The smallest absolute Gasteiger partial charge is 0.322 e. The summed E-state index contributed by atoms with van der Waals surface area (Å²) < 4.78 is 0. The fraction of sp³-hybridized carbons (Fsp3) is 0.192. The average molecular weight is 443 g/mol. The summed E-state index contributed by atoms with van der Waals surface area (Å²) in [5.74, 6) is -0.385. The van der Waals surface area contributed by atoms with Crippen molar-refractivity contribution in [1.82, 2.24) is 21.3 Å². The normalized spacial score (nSPS) is 17.3. The standard InChI is InChI=1S/C26H26N4O3/c1-17-4-3-5-21(14-17)20-10-6-18(7-11-20)15-27-24(32)28-16-19-8-12-22(13-9-19)26(2)23(31)29-25(33)30-26/h3-14H,15-16H2,1-2H3,(H2,27,28,32)(H2,29,30,31,33). The van der Waals surface area contributed by atoms with Gasteiger partial charge in [-0.15, -0.1) is 0 Å². The maximum atomic E-state index is 12.2. The van der Waals surface area contributed by atoms with Gasteiger partial charge in [-0.05, 0) is 41.7 Å². The van der Waals surface area contributed by atoms with Crippen molar-refractivity contribution in [3.8, 4) is 11.1 Å². The van der Waals surface area contributed by atoms with Crippen LogP contribution in [0.1, 0.15) is 29.2 Å². The molecule has 1 saturated heterocycles. The van der Waals surface area contributed by atoms with Crippen LogP contribution >= 0.6 is 0 Å². The number of imide groups is 1. The molecular formula is C26H26N4O3. The molecule has 0 aliphatic carbocycles. The van der Waals surface area contributed by atoms with E-state index in [2.05, 4.69) is 58.5 Å². The Kier molecular flexibility index (Phi) is 6.13. The molecule has 0 radical (unpaired) electrons. The van der Waals surface area contributed by atoms with E-state index < -0.39 is 11.6 Å². The van der Waals surface area contributed by atoms with E-state index in [1.54, 1.807) is 19.1 Å². The maximum absolute atomic E-state index is 12.2. The van der Waals surface area contributed by atoms with Crippen LogP contribution in [0.4, 0.5) is 9.59 Å². The number of benzene rings is 3. The summed E-state index contributed by atoms with van der Waals surface area (Å²) >= 11 is 0. The van der Waals surface area contributed by atoms with Crippen molar-refractivity contribution in [2.45, 2.75) is 32.5 Å². The van der Waals surface area contributed by atoms with Crippen LogP contribution in [-0.4, -0.2) is 18.0 Å². The molecule has 1 heterocycles. The monoisotopic (exact) mass is 442 g/mol. The third-order valence-electron chi connectivity index (χ3n) is 5.79. The van der Waals surface area contributed by atoms with Gasteiger partial charge in [0.05, 0.1) is 0 Å². The van der Waals surface area contributed by atoms with Gasteiger partial charge >= 0.3 is 12.1 Å². The quantitative estimate of drug-likeness (QED) is 0.438. The number of amides is 5. The molecule has 1 atom stereocenters. The van der Waals surface area contributed by atoms with E-state index in [0.29, 0.717) is 18.7 Å². The second kappa shape index (κ2) is 9.16. The third kappa shape index (κ3) is 5.03. The lowest BCUT2D eigenvalue weighted by molar-refractivity contribution is -0.123. The molecule has 0 aromatic heterocycles. The van der Waals surface area contributed by atoms with Gasteiger partial charge in [-0.25, -0.2) is 9.59 Å². The Morgan fingerprint density at radius 3 is 2.00 bits per heavy atom. The van der Waals surface area contributed by atoms with E-state index in [1.807, 2.05) is 30.3 Å². The lowest BCUT2D eigenvalue weighted by Gasteiger charge is -2.21. The number of carbonyl (C=O) groups excluding carboxylic acids is 3. The average Bonchev–Trinajstić information content (AvgIpc) is 3.09. The number of hydrogen-bond donors (Lipinski definition) is 4. The molecule has 1 aliphatic heterocycles. The number of nitrogens with one attached hydrogen (secondary N) is 4. The van der Waals surface area contributed by atoms with Gasteiger partial charge in [0.2, 0.25) is 0 Å². The number of hydrogen-bond acceptors (Lipinski definition) is 3. The maximum Gasteiger partial charge on any atom is 0.322 e. The summed E-state index contributed by atoms with van der Waals surface area (Å²) in [4.78, 5) is 35.7. The van der Waals surface area contributed by atoms with Crippen molar-refractivity contribution in [1.29, 1.82) is 0 Å². The van der Waals surface area contributed by atoms with E-state index in [9.17, 15) is 14.4 Å². The molecule has 1 fully saturated rings. The lowest BCUT2D eigenvalue weighted by Crippen LogP contribution is -2.40. The van der Waals surface area contributed by atoms with Crippen LogP contribution in [-0.2, 0) is 23.4 Å². The lowest BCUT2D eigenvalue weighted by atomic mass is 9.91. The van der Waals surface area contributed by atoms with Gasteiger partial charge < -0.3 is 16.0 Å². The fourth-order valence-electron chi connectivity index (χ4n) is 3.77. The molecule has 33 heavy (non-hydrogen) atoms. The van der Waals surface area contributed by atoms with Gasteiger partial charge in [0, 0.05) is 13.1 Å². The van der Waals surface area contributed by atoms with Gasteiger partial charge in [0.25, 0.3) is 5.91 Å². The molecule has 3 aromatic carbocycles. The summed E-state index contributed by atoms with van der Waals surface area (Å²) in [7, 11) is 0. The first-order valence-electron chi connectivity index (χ1n) is 10.7. The highest BCUT2D eigenvalue weighted by Gasteiger charge is 2.43. The molecule has 1 aliphatic rings. The van der Waals surface area contributed by atoms with Gasteiger partial charge in [0.1, 0.15) is 5.54 Å². The zero-order chi connectivity index (χ0) is 23.4. The largest absolute Gasteiger partial charge is 0.334 e. The minimum Gasteiger partial charge on any atom is -0.334 e. The predicted octanol–water partition coefficient (Wildman–Crippen LogP) is 3.72. The van der Waals surface area contributed by atoms with Crippen molar-refractivity contribution in [3.05, 3.63) is 95.1 Å². The molecule has 4 N–H and O–H groups in total. The second-order valence-corrected chi connectivity index (χ2v) is 8.33. The van der Waals surface area contributed by atoms with Crippen LogP contribution in [0.2, 0.25) is 0 Å². The molecule has 1 unspecified atom stereocenters. The highest BCUT2D eigenvalue weighted by molar-refractivity contribution is 6.07. The molecule has 0 spiro atoms. The van der Waals surface area contributed by atoms with Crippen molar-refractivity contribution in [3.63, 3.8) is 0 Å². The Morgan fingerprint density at radius 2 is 1.45 bits per heavy atom. The van der Waals surface area contributed by atoms with Gasteiger partial charge in [0.15, 0.2) is 0 Å². The van der Waals surface area contributed by atoms with E-state index in [4.69, 9.17) is 0 Å². The second-order valence-electron chi connectivity index (χ2n) is 8.33. The number of urea groups is 2.